The first-order valence-corrected chi connectivity index (χ1v) is 8.01. The van der Waals surface area contributed by atoms with Gasteiger partial charge >= 0.3 is 0 Å². The van der Waals surface area contributed by atoms with Gasteiger partial charge in [-0.2, -0.15) is 0 Å². The molecule has 100 valence electrons. The molecule has 0 amide bonds. The standard InChI is InChI=1S/C15H24N2S/c1-10-4-7-15(18-10)11(2)17-13-5-6-14(17)9-12(8-13)16-3/h4,7,11-14,16H,5-6,8-9H2,1-3H3. The molecule has 1 N–H and O–H groups in total. The Morgan fingerprint density at radius 2 is 1.94 bits per heavy atom. The zero-order chi connectivity index (χ0) is 12.7. The summed E-state index contributed by atoms with van der Waals surface area (Å²) in [5.74, 6) is 0. The SMILES string of the molecule is CNC1CC2CCC(C1)N2C(C)c1ccc(C)s1. The molecular weight excluding hydrogens is 240 g/mol. The number of aryl methyl sites for hydroxylation is 1. The third-order valence-electron chi connectivity index (χ3n) is 4.82. The van der Waals surface area contributed by atoms with Crippen molar-refractivity contribution in [2.45, 2.75) is 63.7 Å². The van der Waals surface area contributed by atoms with E-state index in [2.05, 4.69) is 43.2 Å². The van der Waals surface area contributed by atoms with Crippen molar-refractivity contribution in [3.8, 4) is 0 Å². The van der Waals surface area contributed by atoms with Crippen LogP contribution in [0.1, 0.15) is 48.4 Å². The van der Waals surface area contributed by atoms with Crippen molar-refractivity contribution in [2.75, 3.05) is 7.05 Å². The highest BCUT2D eigenvalue weighted by Crippen LogP contribution is 2.42. The first kappa shape index (κ1) is 12.6. The van der Waals surface area contributed by atoms with E-state index in [1.807, 2.05) is 11.3 Å². The largest absolute Gasteiger partial charge is 0.317 e. The zero-order valence-electron chi connectivity index (χ0n) is 11.6. The van der Waals surface area contributed by atoms with E-state index in [0.29, 0.717) is 6.04 Å². The van der Waals surface area contributed by atoms with Gasteiger partial charge in [-0.05, 0) is 58.7 Å². The third-order valence-corrected chi connectivity index (χ3v) is 5.99. The van der Waals surface area contributed by atoms with E-state index in [4.69, 9.17) is 0 Å². The maximum atomic E-state index is 3.48. The molecule has 1 aromatic heterocycles. The molecule has 3 rings (SSSR count). The fourth-order valence-electron chi connectivity index (χ4n) is 3.91. The van der Waals surface area contributed by atoms with E-state index in [1.54, 1.807) is 4.88 Å². The van der Waals surface area contributed by atoms with E-state index in [1.165, 1.54) is 30.6 Å². The predicted molar refractivity (Wildman–Crippen MR) is 78.2 cm³/mol. The summed E-state index contributed by atoms with van der Waals surface area (Å²) in [5.41, 5.74) is 0. The molecule has 3 atom stereocenters. The van der Waals surface area contributed by atoms with Gasteiger partial charge in [0.2, 0.25) is 0 Å². The van der Waals surface area contributed by atoms with Crippen LogP contribution >= 0.6 is 11.3 Å². The monoisotopic (exact) mass is 264 g/mol. The number of fused-ring (bicyclic) bond motifs is 2. The first-order valence-electron chi connectivity index (χ1n) is 7.20. The Morgan fingerprint density at radius 3 is 2.44 bits per heavy atom. The Morgan fingerprint density at radius 1 is 1.28 bits per heavy atom. The van der Waals surface area contributed by atoms with Gasteiger partial charge in [0.05, 0.1) is 0 Å². The molecule has 2 aliphatic rings. The number of piperidine rings is 1. The minimum atomic E-state index is 0.610. The highest BCUT2D eigenvalue weighted by atomic mass is 32.1. The smallest absolute Gasteiger partial charge is 0.0419 e. The minimum absolute atomic E-state index is 0.610. The number of nitrogens with zero attached hydrogens (tertiary/aromatic N) is 1. The average molecular weight is 264 g/mol. The second-order valence-corrected chi connectivity index (χ2v) is 7.23. The van der Waals surface area contributed by atoms with Gasteiger partial charge in [-0.3, -0.25) is 4.90 Å². The quantitative estimate of drug-likeness (QED) is 0.901. The third kappa shape index (κ3) is 2.13. The van der Waals surface area contributed by atoms with Crippen LogP contribution in [-0.2, 0) is 0 Å². The fraction of sp³-hybridized carbons (Fsp3) is 0.733. The molecule has 2 bridgehead atoms. The summed E-state index contributed by atoms with van der Waals surface area (Å²) in [6, 6.07) is 7.56. The molecule has 2 fully saturated rings. The maximum absolute atomic E-state index is 3.48. The van der Waals surface area contributed by atoms with Crippen LogP contribution in [0.15, 0.2) is 12.1 Å². The normalized spacial score (nSPS) is 33.8. The number of hydrogen-bond acceptors (Lipinski definition) is 3. The molecule has 2 saturated heterocycles. The summed E-state index contributed by atoms with van der Waals surface area (Å²) in [5, 5.41) is 3.48. The number of nitrogens with one attached hydrogen (secondary N) is 1. The van der Waals surface area contributed by atoms with Crippen LogP contribution in [-0.4, -0.2) is 30.1 Å². The van der Waals surface area contributed by atoms with E-state index >= 15 is 0 Å². The summed E-state index contributed by atoms with van der Waals surface area (Å²) >= 11 is 1.97. The van der Waals surface area contributed by atoms with E-state index in [9.17, 15) is 0 Å². The summed E-state index contributed by atoms with van der Waals surface area (Å²) in [6.45, 7) is 4.61. The Kier molecular flexibility index (Phi) is 3.48. The molecule has 0 radical (unpaired) electrons. The van der Waals surface area contributed by atoms with Gasteiger partial charge in [0.15, 0.2) is 0 Å². The van der Waals surface area contributed by atoms with Crippen molar-refractivity contribution >= 4 is 11.3 Å². The van der Waals surface area contributed by atoms with Crippen molar-refractivity contribution in [1.29, 1.82) is 0 Å². The fourth-order valence-corrected chi connectivity index (χ4v) is 4.84. The van der Waals surface area contributed by atoms with Gasteiger partial charge in [-0.25, -0.2) is 0 Å². The number of thiophene rings is 1. The Balaban J connectivity index is 1.77. The highest BCUT2D eigenvalue weighted by molar-refractivity contribution is 7.12. The van der Waals surface area contributed by atoms with E-state index in [-0.39, 0.29) is 0 Å². The lowest BCUT2D eigenvalue weighted by atomic mass is 9.95. The molecular formula is C15H24N2S. The summed E-state index contributed by atoms with van der Waals surface area (Å²) in [4.78, 5) is 5.79. The zero-order valence-corrected chi connectivity index (χ0v) is 12.5. The lowest BCUT2D eigenvalue weighted by Gasteiger charge is -2.42. The van der Waals surface area contributed by atoms with Crippen molar-refractivity contribution in [1.82, 2.24) is 10.2 Å². The van der Waals surface area contributed by atoms with Gasteiger partial charge in [-0.15, -0.1) is 11.3 Å². The molecule has 3 heteroatoms. The van der Waals surface area contributed by atoms with Crippen LogP contribution < -0.4 is 5.32 Å². The summed E-state index contributed by atoms with van der Waals surface area (Å²) in [6.07, 6.45) is 5.47. The maximum Gasteiger partial charge on any atom is 0.0419 e. The van der Waals surface area contributed by atoms with Gasteiger partial charge in [-0.1, -0.05) is 0 Å². The lowest BCUT2D eigenvalue weighted by Crippen LogP contribution is -2.48. The Hall–Kier alpha value is -0.380. The minimum Gasteiger partial charge on any atom is -0.317 e. The van der Waals surface area contributed by atoms with Crippen LogP contribution in [0.5, 0.6) is 0 Å². The average Bonchev–Trinajstić information content (AvgIpc) is 2.90. The van der Waals surface area contributed by atoms with Crippen LogP contribution in [0.25, 0.3) is 0 Å². The first-order chi connectivity index (χ1) is 8.69. The van der Waals surface area contributed by atoms with Crippen molar-refractivity contribution in [3.63, 3.8) is 0 Å². The van der Waals surface area contributed by atoms with E-state index < -0.39 is 0 Å². The van der Waals surface area contributed by atoms with Crippen molar-refractivity contribution in [2.24, 2.45) is 0 Å². The number of hydrogen-bond donors (Lipinski definition) is 1. The molecule has 3 unspecified atom stereocenters. The molecule has 3 heterocycles. The molecule has 0 spiro atoms. The molecule has 0 aliphatic carbocycles. The van der Waals surface area contributed by atoms with E-state index in [0.717, 1.165) is 18.1 Å². The summed E-state index contributed by atoms with van der Waals surface area (Å²) in [7, 11) is 2.12. The molecule has 0 aromatic carbocycles. The lowest BCUT2D eigenvalue weighted by molar-refractivity contribution is 0.0804. The highest BCUT2D eigenvalue weighted by Gasteiger charge is 2.42. The molecule has 2 aliphatic heterocycles. The second kappa shape index (κ2) is 4.95. The van der Waals surface area contributed by atoms with Crippen molar-refractivity contribution < 1.29 is 0 Å². The van der Waals surface area contributed by atoms with Crippen LogP contribution in [0.3, 0.4) is 0 Å². The molecule has 1 aromatic rings. The van der Waals surface area contributed by atoms with Gasteiger partial charge < -0.3 is 5.32 Å². The Bertz CT molecular complexity index is 400. The molecule has 2 nitrogen and oxygen atoms in total. The Labute approximate surface area is 114 Å². The van der Waals surface area contributed by atoms with Gasteiger partial charge in [0, 0.05) is 33.9 Å². The topological polar surface area (TPSA) is 15.3 Å². The van der Waals surface area contributed by atoms with Crippen LogP contribution in [0, 0.1) is 6.92 Å². The second-order valence-electron chi connectivity index (χ2n) is 5.91. The molecule has 0 saturated carbocycles. The van der Waals surface area contributed by atoms with Crippen LogP contribution in [0.2, 0.25) is 0 Å². The number of rotatable bonds is 3. The van der Waals surface area contributed by atoms with Crippen LogP contribution in [0.4, 0.5) is 0 Å². The molecule has 18 heavy (non-hydrogen) atoms. The predicted octanol–water partition coefficient (Wildman–Crippen LogP) is 3.33. The van der Waals surface area contributed by atoms with Gasteiger partial charge in [0.1, 0.15) is 0 Å². The summed E-state index contributed by atoms with van der Waals surface area (Å²) < 4.78 is 0. The van der Waals surface area contributed by atoms with Crippen molar-refractivity contribution in [3.05, 3.63) is 21.9 Å². The van der Waals surface area contributed by atoms with Gasteiger partial charge in [0.25, 0.3) is 0 Å².